The van der Waals surface area contributed by atoms with Crippen LogP contribution in [0.4, 0.5) is 0 Å². The summed E-state index contributed by atoms with van der Waals surface area (Å²) in [6, 6.07) is 27.7. The molecule has 0 spiro atoms. The molecule has 2 heterocycles. The lowest BCUT2D eigenvalue weighted by molar-refractivity contribution is 0.0945. The molecule has 0 fully saturated rings. The van der Waals surface area contributed by atoms with E-state index in [1.165, 1.54) is 5.56 Å². The first-order valence-electron chi connectivity index (χ1n) is 11.3. The highest BCUT2D eigenvalue weighted by Crippen LogP contribution is 2.24. The van der Waals surface area contributed by atoms with Gasteiger partial charge in [-0.05, 0) is 58.7 Å². The normalized spacial score (nSPS) is 10.8. The van der Waals surface area contributed by atoms with Crippen molar-refractivity contribution >= 4 is 5.91 Å². The van der Waals surface area contributed by atoms with E-state index in [-0.39, 0.29) is 5.91 Å². The quantitative estimate of drug-likeness (QED) is 0.361. The van der Waals surface area contributed by atoms with E-state index in [9.17, 15) is 4.79 Å². The molecule has 174 valence electrons. The fraction of sp³-hybridized carbons (Fsp3) is 0.107. The van der Waals surface area contributed by atoms with Crippen LogP contribution in [-0.2, 0) is 13.1 Å². The number of nitrogens with one attached hydrogen (secondary N) is 1. The van der Waals surface area contributed by atoms with Gasteiger partial charge in [0.2, 0.25) is 0 Å². The van der Waals surface area contributed by atoms with E-state index in [0.717, 1.165) is 34.7 Å². The summed E-state index contributed by atoms with van der Waals surface area (Å²) in [5.41, 5.74) is 5.61. The Morgan fingerprint density at radius 3 is 2.46 bits per heavy atom. The Kier molecular flexibility index (Phi) is 6.39. The Labute approximate surface area is 203 Å². The van der Waals surface area contributed by atoms with Gasteiger partial charge in [-0.25, -0.2) is 4.68 Å². The molecule has 0 aliphatic heterocycles. The number of methoxy groups -OCH3 is 1. The van der Waals surface area contributed by atoms with Gasteiger partial charge in [0.05, 0.1) is 19.3 Å². The summed E-state index contributed by atoms with van der Waals surface area (Å²) in [7, 11) is 1.63. The summed E-state index contributed by atoms with van der Waals surface area (Å²) in [6.45, 7) is 1.13. The van der Waals surface area contributed by atoms with Crippen molar-refractivity contribution in [3.63, 3.8) is 0 Å². The van der Waals surface area contributed by atoms with Crippen molar-refractivity contribution in [2.24, 2.45) is 0 Å². The van der Waals surface area contributed by atoms with E-state index in [0.29, 0.717) is 12.2 Å². The van der Waals surface area contributed by atoms with Gasteiger partial charge < -0.3 is 10.1 Å². The van der Waals surface area contributed by atoms with Gasteiger partial charge in [0, 0.05) is 25.1 Å². The first kappa shape index (κ1) is 22.2. The summed E-state index contributed by atoms with van der Waals surface area (Å²) in [5.74, 6) is 0.548. The third-order valence-electron chi connectivity index (χ3n) is 5.78. The molecular formula is C28H25N5O2. The number of rotatable bonds is 8. The molecule has 35 heavy (non-hydrogen) atoms. The molecule has 0 atom stereocenters. The van der Waals surface area contributed by atoms with Crippen LogP contribution in [0.1, 0.15) is 21.6 Å². The summed E-state index contributed by atoms with van der Waals surface area (Å²) in [5, 5.41) is 11.7. The smallest absolute Gasteiger partial charge is 0.272 e. The molecule has 2 aromatic heterocycles. The van der Waals surface area contributed by atoms with Crippen LogP contribution in [0.3, 0.4) is 0 Å². The van der Waals surface area contributed by atoms with Crippen molar-refractivity contribution in [3.8, 4) is 22.6 Å². The number of hydrogen-bond donors (Lipinski definition) is 1. The second-order valence-electron chi connectivity index (χ2n) is 8.08. The third kappa shape index (κ3) is 5.14. The summed E-state index contributed by atoms with van der Waals surface area (Å²) in [6.07, 6.45) is 5.50. The van der Waals surface area contributed by atoms with Crippen LogP contribution < -0.4 is 10.1 Å². The maximum atomic E-state index is 12.8. The first-order chi connectivity index (χ1) is 17.2. The van der Waals surface area contributed by atoms with Crippen LogP contribution in [-0.4, -0.2) is 32.6 Å². The van der Waals surface area contributed by atoms with E-state index in [1.807, 2.05) is 59.4 Å². The van der Waals surface area contributed by atoms with Gasteiger partial charge in [-0.3, -0.25) is 9.48 Å². The molecular weight excluding hydrogens is 438 g/mol. The van der Waals surface area contributed by atoms with Crippen molar-refractivity contribution in [1.82, 2.24) is 24.9 Å². The number of ether oxygens (including phenoxy) is 1. The molecule has 0 unspecified atom stereocenters. The highest BCUT2D eigenvalue weighted by atomic mass is 16.5. The Morgan fingerprint density at radius 1 is 0.914 bits per heavy atom. The zero-order valence-corrected chi connectivity index (χ0v) is 19.3. The molecule has 5 aromatic rings. The summed E-state index contributed by atoms with van der Waals surface area (Å²) >= 11 is 0. The molecule has 0 aliphatic rings. The van der Waals surface area contributed by atoms with Crippen LogP contribution in [0.2, 0.25) is 0 Å². The lowest BCUT2D eigenvalue weighted by Gasteiger charge is -2.11. The molecule has 0 aliphatic carbocycles. The maximum absolute atomic E-state index is 12.8. The number of aromatic nitrogens is 4. The minimum atomic E-state index is -0.221. The lowest BCUT2D eigenvalue weighted by atomic mass is 9.98. The Morgan fingerprint density at radius 2 is 1.71 bits per heavy atom. The highest BCUT2D eigenvalue weighted by molar-refractivity contribution is 5.92. The van der Waals surface area contributed by atoms with E-state index in [2.05, 4.69) is 45.8 Å². The zero-order chi connectivity index (χ0) is 24.0. The van der Waals surface area contributed by atoms with E-state index in [1.54, 1.807) is 30.3 Å². The summed E-state index contributed by atoms with van der Waals surface area (Å²) < 4.78 is 8.76. The first-order valence-corrected chi connectivity index (χ1v) is 11.3. The van der Waals surface area contributed by atoms with Gasteiger partial charge >= 0.3 is 0 Å². The number of carbonyl (C=O) groups is 1. The molecule has 0 saturated heterocycles. The largest absolute Gasteiger partial charge is 0.497 e. The molecule has 7 nitrogen and oxygen atoms in total. The molecule has 0 saturated carbocycles. The second kappa shape index (κ2) is 10.1. The predicted molar refractivity (Wildman–Crippen MR) is 134 cm³/mol. The highest BCUT2D eigenvalue weighted by Gasteiger charge is 2.12. The Bertz CT molecular complexity index is 1400. The van der Waals surface area contributed by atoms with E-state index < -0.39 is 0 Å². The molecule has 3 aromatic carbocycles. The fourth-order valence-corrected chi connectivity index (χ4v) is 3.92. The van der Waals surface area contributed by atoms with Crippen molar-refractivity contribution in [3.05, 3.63) is 120 Å². The average Bonchev–Trinajstić information content (AvgIpc) is 3.61. The minimum Gasteiger partial charge on any atom is -0.497 e. The topological polar surface area (TPSA) is 74.0 Å². The van der Waals surface area contributed by atoms with Crippen molar-refractivity contribution < 1.29 is 9.53 Å². The second-order valence-corrected chi connectivity index (χ2v) is 8.08. The Hall–Kier alpha value is -4.65. The molecule has 5 rings (SSSR count). The minimum absolute atomic E-state index is 0.221. The zero-order valence-electron chi connectivity index (χ0n) is 19.3. The van der Waals surface area contributed by atoms with Crippen LogP contribution in [0.5, 0.6) is 5.75 Å². The van der Waals surface area contributed by atoms with Crippen LogP contribution >= 0.6 is 0 Å². The van der Waals surface area contributed by atoms with Crippen LogP contribution in [0, 0.1) is 0 Å². The average molecular weight is 464 g/mol. The van der Waals surface area contributed by atoms with Gasteiger partial charge in [-0.15, -0.1) is 0 Å². The maximum Gasteiger partial charge on any atom is 0.272 e. The number of carbonyl (C=O) groups excluding carboxylic acids is 1. The number of hydrogen-bond acceptors (Lipinski definition) is 4. The van der Waals surface area contributed by atoms with Gasteiger partial charge in [0.15, 0.2) is 5.69 Å². The standard InChI is InChI=1S/C28H25N5O2/c1-35-25-13-11-24(12-14-25)33-18-15-27(31-33)28(34)29-19-23-5-2-3-6-26(23)22-9-7-21(8-10-22)20-32-17-4-16-30-32/h2-18H,19-20H2,1H3,(H,29,34). The molecule has 1 amide bonds. The SMILES string of the molecule is COc1ccc(-n2ccc(C(=O)NCc3ccccc3-c3ccc(Cn4cccn4)cc3)n2)cc1. The van der Waals surface area contributed by atoms with Crippen molar-refractivity contribution in [2.75, 3.05) is 7.11 Å². The monoisotopic (exact) mass is 463 g/mol. The van der Waals surface area contributed by atoms with E-state index >= 15 is 0 Å². The number of benzene rings is 3. The molecule has 7 heteroatoms. The Balaban J connectivity index is 1.26. The predicted octanol–water partition coefficient (Wildman–Crippen LogP) is 4.72. The number of nitrogens with zero attached hydrogens (tertiary/aromatic N) is 4. The van der Waals surface area contributed by atoms with Crippen molar-refractivity contribution in [2.45, 2.75) is 13.1 Å². The molecule has 0 radical (unpaired) electrons. The van der Waals surface area contributed by atoms with Gasteiger partial charge in [-0.1, -0.05) is 48.5 Å². The van der Waals surface area contributed by atoms with E-state index in [4.69, 9.17) is 4.74 Å². The van der Waals surface area contributed by atoms with Crippen LogP contribution in [0.15, 0.2) is 104 Å². The van der Waals surface area contributed by atoms with Crippen LogP contribution in [0.25, 0.3) is 16.8 Å². The van der Waals surface area contributed by atoms with Gasteiger partial charge in [0.1, 0.15) is 5.75 Å². The fourth-order valence-electron chi connectivity index (χ4n) is 3.92. The van der Waals surface area contributed by atoms with Gasteiger partial charge in [0.25, 0.3) is 5.91 Å². The molecule has 1 N–H and O–H groups in total. The summed E-state index contributed by atoms with van der Waals surface area (Å²) in [4.78, 5) is 12.8. The third-order valence-corrected chi connectivity index (χ3v) is 5.78. The van der Waals surface area contributed by atoms with Gasteiger partial charge in [-0.2, -0.15) is 10.2 Å². The lowest BCUT2D eigenvalue weighted by Crippen LogP contribution is -2.23. The number of amides is 1. The van der Waals surface area contributed by atoms with Crippen molar-refractivity contribution in [1.29, 1.82) is 0 Å². The molecule has 0 bridgehead atoms.